The molecule has 0 unspecified atom stereocenters. The average Bonchev–Trinajstić information content (AvgIpc) is 3.76. The number of alkyl halides is 2. The van der Waals surface area contributed by atoms with E-state index in [-0.39, 0.29) is 34.8 Å². The van der Waals surface area contributed by atoms with Crippen molar-refractivity contribution >= 4 is 38.5 Å². The van der Waals surface area contributed by atoms with Gasteiger partial charge in [0.05, 0.1) is 30.0 Å². The summed E-state index contributed by atoms with van der Waals surface area (Å²) in [4.78, 5) is 21.1. The molecule has 0 radical (unpaired) electrons. The number of carbonyl (C=O) groups is 1. The third-order valence-electron chi connectivity index (χ3n) is 7.88. The quantitative estimate of drug-likeness (QED) is 0.378. The fourth-order valence-electron chi connectivity index (χ4n) is 5.08. The lowest BCUT2D eigenvalue weighted by Gasteiger charge is -2.43. The van der Waals surface area contributed by atoms with Crippen molar-refractivity contribution in [1.82, 2.24) is 29.2 Å². The van der Waals surface area contributed by atoms with Crippen LogP contribution in [0.5, 0.6) is 0 Å². The van der Waals surface area contributed by atoms with Gasteiger partial charge in [0.25, 0.3) is 12.3 Å². The standard InChI is InChI=1S/C24H29F2N7O5S2/c1-23(3-4-23)30-40(36,37)15-9-16(17-10-27-19(33(17)12-15)21-29-28-20(39-21)18(25)26)31-7-8-32(14(11-31)13-34)22(35)24(38-2)5-6-24/h9-10,12,14,18,30,34H,3-8,11,13H2,1-2H3/t14-/m0/s1. The summed E-state index contributed by atoms with van der Waals surface area (Å²) in [6, 6.07) is 1.00. The van der Waals surface area contributed by atoms with Gasteiger partial charge in [0.2, 0.25) is 10.0 Å². The number of sulfonamides is 1. The van der Waals surface area contributed by atoms with E-state index in [1.807, 2.05) is 11.8 Å². The number of pyridine rings is 1. The first-order valence-corrected chi connectivity index (χ1v) is 15.2. The van der Waals surface area contributed by atoms with Gasteiger partial charge in [-0.05, 0) is 38.7 Å². The van der Waals surface area contributed by atoms with Crippen LogP contribution >= 0.6 is 11.3 Å². The fourth-order valence-corrected chi connectivity index (χ4v) is 7.25. The van der Waals surface area contributed by atoms with Gasteiger partial charge in [-0.2, -0.15) is 0 Å². The Kier molecular flexibility index (Phi) is 6.61. The van der Waals surface area contributed by atoms with E-state index in [1.54, 1.807) is 11.0 Å². The number of anilines is 1. The number of aliphatic hydroxyl groups is 1. The van der Waals surface area contributed by atoms with E-state index in [2.05, 4.69) is 19.9 Å². The van der Waals surface area contributed by atoms with E-state index < -0.39 is 38.6 Å². The minimum Gasteiger partial charge on any atom is -0.394 e. The highest BCUT2D eigenvalue weighted by Gasteiger charge is 2.54. The van der Waals surface area contributed by atoms with E-state index >= 15 is 0 Å². The summed E-state index contributed by atoms with van der Waals surface area (Å²) >= 11 is 0.683. The third kappa shape index (κ3) is 4.74. The van der Waals surface area contributed by atoms with E-state index in [0.717, 1.165) is 12.8 Å². The molecule has 6 rings (SSSR count). The molecule has 1 aliphatic heterocycles. The number of halogens is 2. The number of aliphatic hydroxyl groups excluding tert-OH is 1. The lowest BCUT2D eigenvalue weighted by molar-refractivity contribution is -0.148. The van der Waals surface area contributed by atoms with E-state index in [0.29, 0.717) is 48.5 Å². The van der Waals surface area contributed by atoms with Crippen molar-refractivity contribution in [2.24, 2.45) is 0 Å². The SMILES string of the molecule is COC1(C(=O)N2CCN(c3cc(S(=O)(=O)NC4(C)CC4)cn4c(-c5nnc(C(F)F)s5)ncc34)C[C@H]2CO)CC1. The van der Waals surface area contributed by atoms with E-state index in [1.165, 1.54) is 23.9 Å². The molecule has 12 nitrogen and oxygen atoms in total. The molecule has 2 N–H and O–H groups in total. The van der Waals surface area contributed by atoms with Crippen molar-refractivity contribution in [2.75, 3.05) is 38.3 Å². The second-order valence-corrected chi connectivity index (χ2v) is 13.5. The van der Waals surface area contributed by atoms with Gasteiger partial charge in [0.1, 0.15) is 10.5 Å². The van der Waals surface area contributed by atoms with Crippen LogP contribution in [-0.4, -0.2) is 94.4 Å². The van der Waals surface area contributed by atoms with Gasteiger partial charge >= 0.3 is 0 Å². The molecule has 0 spiro atoms. The Morgan fingerprint density at radius 1 is 1.27 bits per heavy atom. The molecule has 216 valence electrons. The topological polar surface area (TPSA) is 142 Å². The number of hydrogen-bond donors (Lipinski definition) is 2. The van der Waals surface area contributed by atoms with Crippen LogP contribution in [0.2, 0.25) is 0 Å². The second kappa shape index (κ2) is 9.65. The minimum absolute atomic E-state index is 0.0312. The van der Waals surface area contributed by atoms with Crippen LogP contribution in [0.25, 0.3) is 16.3 Å². The Balaban J connectivity index is 1.40. The minimum atomic E-state index is -3.96. The maximum atomic E-state index is 13.4. The molecule has 3 aromatic heterocycles. The number of aromatic nitrogens is 4. The van der Waals surface area contributed by atoms with Crippen molar-refractivity contribution in [2.45, 2.75) is 61.1 Å². The predicted molar refractivity (Wildman–Crippen MR) is 141 cm³/mol. The fraction of sp³-hybridized carbons (Fsp3) is 0.583. The van der Waals surface area contributed by atoms with Crippen molar-refractivity contribution in [3.8, 4) is 10.8 Å². The summed E-state index contributed by atoms with van der Waals surface area (Å²) in [7, 11) is -2.45. The highest BCUT2D eigenvalue weighted by atomic mass is 32.2. The number of ether oxygens (including phenoxy) is 1. The first kappa shape index (κ1) is 27.4. The summed E-state index contributed by atoms with van der Waals surface area (Å²) < 4.78 is 63.0. The van der Waals surface area contributed by atoms with Crippen LogP contribution in [0.1, 0.15) is 44.0 Å². The van der Waals surface area contributed by atoms with Gasteiger partial charge in [-0.25, -0.2) is 26.9 Å². The highest BCUT2D eigenvalue weighted by Crippen LogP contribution is 2.42. The van der Waals surface area contributed by atoms with Gasteiger partial charge in [-0.1, -0.05) is 11.3 Å². The van der Waals surface area contributed by atoms with Crippen molar-refractivity contribution in [3.63, 3.8) is 0 Å². The lowest BCUT2D eigenvalue weighted by Crippen LogP contribution is -2.59. The van der Waals surface area contributed by atoms with Crippen LogP contribution in [0.15, 0.2) is 23.4 Å². The number of fused-ring (bicyclic) bond motifs is 1. The maximum Gasteiger partial charge on any atom is 0.291 e. The zero-order chi connectivity index (χ0) is 28.4. The van der Waals surface area contributed by atoms with Gasteiger partial charge in [0.15, 0.2) is 15.8 Å². The van der Waals surface area contributed by atoms with Crippen LogP contribution in [0.4, 0.5) is 14.5 Å². The number of nitrogens with one attached hydrogen (secondary N) is 1. The molecule has 1 amide bonds. The first-order chi connectivity index (χ1) is 19.0. The van der Waals surface area contributed by atoms with Crippen molar-refractivity contribution < 1.29 is 31.8 Å². The molecule has 3 fully saturated rings. The van der Waals surface area contributed by atoms with Gasteiger partial charge in [-0.3, -0.25) is 9.20 Å². The monoisotopic (exact) mass is 597 g/mol. The molecule has 4 heterocycles. The number of methoxy groups -OCH3 is 1. The van der Waals surface area contributed by atoms with Crippen LogP contribution in [-0.2, 0) is 19.6 Å². The number of piperazine rings is 1. The number of hydrogen-bond acceptors (Lipinski definition) is 10. The van der Waals surface area contributed by atoms with Crippen molar-refractivity contribution in [1.29, 1.82) is 0 Å². The smallest absolute Gasteiger partial charge is 0.291 e. The Bertz CT molecular complexity index is 1570. The predicted octanol–water partition coefficient (Wildman–Crippen LogP) is 1.81. The molecular weight excluding hydrogens is 568 g/mol. The molecule has 1 saturated heterocycles. The van der Waals surface area contributed by atoms with Crippen LogP contribution < -0.4 is 9.62 Å². The molecule has 2 saturated carbocycles. The third-order valence-corrected chi connectivity index (χ3v) is 10.4. The van der Waals surface area contributed by atoms with Gasteiger partial charge < -0.3 is 19.6 Å². The number of nitrogens with zero attached hydrogens (tertiary/aromatic N) is 6. The Morgan fingerprint density at radius 2 is 2.02 bits per heavy atom. The van der Waals surface area contributed by atoms with Gasteiger partial charge in [-0.15, -0.1) is 10.2 Å². The van der Waals surface area contributed by atoms with E-state index in [9.17, 15) is 27.1 Å². The van der Waals surface area contributed by atoms with Gasteiger partial charge in [0, 0.05) is 38.5 Å². The Labute approximate surface area is 233 Å². The number of amides is 1. The van der Waals surface area contributed by atoms with E-state index in [4.69, 9.17) is 4.74 Å². The molecular formula is C24H29F2N7O5S2. The Hall–Kier alpha value is -2.79. The normalized spacial score (nSPS) is 21.8. The Morgan fingerprint density at radius 3 is 2.62 bits per heavy atom. The summed E-state index contributed by atoms with van der Waals surface area (Å²) in [6.07, 6.45) is 2.82. The highest BCUT2D eigenvalue weighted by molar-refractivity contribution is 7.89. The maximum absolute atomic E-state index is 13.4. The molecule has 16 heteroatoms. The second-order valence-electron chi connectivity index (χ2n) is 10.8. The summed E-state index contributed by atoms with van der Waals surface area (Å²) in [5.41, 5.74) is -0.321. The lowest BCUT2D eigenvalue weighted by atomic mass is 10.1. The number of imidazole rings is 1. The molecule has 40 heavy (non-hydrogen) atoms. The molecule has 3 aliphatic rings. The molecule has 0 aromatic carbocycles. The largest absolute Gasteiger partial charge is 0.394 e. The average molecular weight is 598 g/mol. The number of rotatable bonds is 9. The zero-order valence-corrected chi connectivity index (χ0v) is 23.5. The summed E-state index contributed by atoms with van der Waals surface area (Å²) in [5.74, 6) is 0.0217. The summed E-state index contributed by atoms with van der Waals surface area (Å²) in [5, 5.41) is 17.3. The number of carbonyl (C=O) groups excluding carboxylic acids is 1. The van der Waals surface area contributed by atoms with Crippen molar-refractivity contribution in [3.05, 3.63) is 23.5 Å². The molecule has 2 aliphatic carbocycles. The zero-order valence-electron chi connectivity index (χ0n) is 21.9. The molecule has 1 atom stereocenters. The molecule has 0 bridgehead atoms. The van der Waals surface area contributed by atoms with Crippen LogP contribution in [0, 0.1) is 0 Å². The first-order valence-electron chi connectivity index (χ1n) is 12.9. The summed E-state index contributed by atoms with van der Waals surface area (Å²) in [6.45, 7) is 2.43. The molecule has 3 aromatic rings. The van der Waals surface area contributed by atoms with Crippen LogP contribution in [0.3, 0.4) is 0 Å².